The van der Waals surface area contributed by atoms with Gasteiger partial charge in [0.1, 0.15) is 0 Å². The Kier molecular flexibility index (Phi) is 6.29. The van der Waals surface area contributed by atoms with Crippen molar-refractivity contribution in [3.8, 4) is 6.07 Å². The summed E-state index contributed by atoms with van der Waals surface area (Å²) in [5, 5.41) is 12.4. The van der Waals surface area contributed by atoms with Crippen LogP contribution in [0.25, 0.3) is 0 Å². The lowest BCUT2D eigenvalue weighted by Gasteiger charge is -2.38. The van der Waals surface area contributed by atoms with Crippen LogP contribution in [0.15, 0.2) is 0 Å². The van der Waals surface area contributed by atoms with E-state index in [1.807, 2.05) is 0 Å². The minimum absolute atomic E-state index is 0.0116. The fourth-order valence-electron chi connectivity index (χ4n) is 2.93. The van der Waals surface area contributed by atoms with Crippen LogP contribution in [0.4, 0.5) is 0 Å². The van der Waals surface area contributed by atoms with Crippen LogP contribution in [0.5, 0.6) is 0 Å². The summed E-state index contributed by atoms with van der Waals surface area (Å²) in [6.45, 7) is 9.96. The topological polar surface area (TPSA) is 39.1 Å². The second-order valence-corrected chi connectivity index (χ2v) is 7.17. The minimum Gasteiger partial charge on any atom is -0.303 e. The van der Waals surface area contributed by atoms with Gasteiger partial charge in [0.25, 0.3) is 0 Å². The Morgan fingerprint density at radius 2 is 1.89 bits per heavy atom. The predicted octanol–water partition coefficient (Wildman–Crippen LogP) is 3.17. The maximum atomic E-state index is 9.14. The molecule has 0 aromatic heterocycles. The molecule has 19 heavy (non-hydrogen) atoms. The third kappa shape index (κ3) is 5.93. The van der Waals surface area contributed by atoms with E-state index in [4.69, 9.17) is 5.26 Å². The van der Waals surface area contributed by atoms with Gasteiger partial charge < -0.3 is 4.90 Å². The molecule has 1 aliphatic rings. The zero-order chi connectivity index (χ0) is 14.5. The Morgan fingerprint density at radius 3 is 2.37 bits per heavy atom. The molecule has 3 nitrogen and oxygen atoms in total. The highest BCUT2D eigenvalue weighted by atomic mass is 15.1. The van der Waals surface area contributed by atoms with Gasteiger partial charge in [0, 0.05) is 18.6 Å². The molecular weight excluding hydrogens is 234 g/mol. The average molecular weight is 265 g/mol. The molecule has 1 saturated carbocycles. The van der Waals surface area contributed by atoms with Crippen molar-refractivity contribution < 1.29 is 0 Å². The van der Waals surface area contributed by atoms with E-state index < -0.39 is 0 Å². The van der Waals surface area contributed by atoms with Gasteiger partial charge in [-0.1, -0.05) is 13.8 Å². The first-order chi connectivity index (χ1) is 8.84. The van der Waals surface area contributed by atoms with E-state index in [-0.39, 0.29) is 6.04 Å². The van der Waals surface area contributed by atoms with E-state index in [2.05, 4.69) is 51.0 Å². The summed E-state index contributed by atoms with van der Waals surface area (Å²) in [5.41, 5.74) is 0.533. The lowest BCUT2D eigenvalue weighted by molar-refractivity contribution is 0.125. The molecule has 1 unspecified atom stereocenters. The van der Waals surface area contributed by atoms with Gasteiger partial charge in [-0.05, 0) is 58.4 Å². The largest absolute Gasteiger partial charge is 0.303 e. The van der Waals surface area contributed by atoms with E-state index in [0.717, 1.165) is 13.0 Å². The first-order valence-electron chi connectivity index (χ1n) is 7.70. The maximum Gasteiger partial charge on any atom is 0.0967 e. The van der Waals surface area contributed by atoms with Crippen molar-refractivity contribution in [3.63, 3.8) is 0 Å². The number of hydrogen-bond donors (Lipinski definition) is 1. The van der Waals surface area contributed by atoms with E-state index in [1.165, 1.54) is 25.7 Å². The van der Waals surface area contributed by atoms with Crippen LogP contribution in [-0.2, 0) is 0 Å². The molecule has 3 heteroatoms. The fourth-order valence-corrected chi connectivity index (χ4v) is 2.93. The minimum atomic E-state index is -0.0116. The Balaban J connectivity index is 2.31. The summed E-state index contributed by atoms with van der Waals surface area (Å²) in [5.74, 6) is 0. The van der Waals surface area contributed by atoms with Crippen molar-refractivity contribution in [1.82, 2.24) is 10.2 Å². The quantitative estimate of drug-likeness (QED) is 0.802. The molecule has 1 N–H and O–H groups in total. The smallest absolute Gasteiger partial charge is 0.0967 e. The Hall–Kier alpha value is -0.590. The van der Waals surface area contributed by atoms with Gasteiger partial charge in [0.15, 0.2) is 0 Å². The van der Waals surface area contributed by atoms with Crippen LogP contribution in [0.1, 0.15) is 59.8 Å². The van der Waals surface area contributed by atoms with Gasteiger partial charge in [-0.2, -0.15) is 5.26 Å². The number of nitrogens with zero attached hydrogens (tertiary/aromatic N) is 2. The molecule has 0 aromatic carbocycles. The molecular formula is C16H31N3. The van der Waals surface area contributed by atoms with Crippen LogP contribution in [0, 0.1) is 16.7 Å². The molecule has 1 rings (SSSR count). The normalized spacial score (nSPS) is 21.6. The van der Waals surface area contributed by atoms with Crippen LogP contribution in [-0.4, -0.2) is 36.6 Å². The molecule has 0 heterocycles. The lowest BCUT2D eigenvalue weighted by atomic mass is 9.75. The molecule has 1 fully saturated rings. The first kappa shape index (κ1) is 16.5. The zero-order valence-electron chi connectivity index (χ0n) is 13.4. The predicted molar refractivity (Wildman–Crippen MR) is 81.0 cm³/mol. The number of hydrogen-bond acceptors (Lipinski definition) is 3. The maximum absolute atomic E-state index is 9.14. The zero-order valence-corrected chi connectivity index (χ0v) is 13.4. The third-order valence-corrected chi connectivity index (χ3v) is 4.39. The summed E-state index contributed by atoms with van der Waals surface area (Å²) in [6.07, 6.45) is 6.18. The summed E-state index contributed by atoms with van der Waals surface area (Å²) in [6, 6.07) is 3.45. The van der Waals surface area contributed by atoms with E-state index in [1.54, 1.807) is 0 Å². The summed E-state index contributed by atoms with van der Waals surface area (Å²) < 4.78 is 0. The first-order valence-corrected chi connectivity index (χ1v) is 7.70. The molecule has 0 amide bonds. The highest BCUT2D eigenvalue weighted by molar-refractivity contribution is 4.92. The molecule has 1 aliphatic carbocycles. The molecule has 0 spiro atoms. The van der Waals surface area contributed by atoms with Crippen molar-refractivity contribution in [1.29, 1.82) is 5.26 Å². The van der Waals surface area contributed by atoms with Gasteiger partial charge in [-0.15, -0.1) is 0 Å². The van der Waals surface area contributed by atoms with Gasteiger partial charge in [-0.25, -0.2) is 0 Å². The number of rotatable bonds is 6. The van der Waals surface area contributed by atoms with E-state index in [9.17, 15) is 0 Å². The SMILES string of the molecule is CC(C)NC(C#N)CCN(C)C1CCC(C)(C)CC1. The van der Waals surface area contributed by atoms with E-state index >= 15 is 0 Å². The van der Waals surface area contributed by atoms with Crippen LogP contribution < -0.4 is 5.32 Å². The Labute approximate surface area is 119 Å². The number of nitrogens with one attached hydrogen (secondary N) is 1. The standard InChI is InChI=1S/C16H31N3/c1-13(2)18-14(12-17)8-11-19(5)15-6-9-16(3,4)10-7-15/h13-15,18H,6-11H2,1-5H3. The van der Waals surface area contributed by atoms with Crippen molar-refractivity contribution in [2.75, 3.05) is 13.6 Å². The molecule has 0 aromatic rings. The Bertz CT molecular complexity index is 294. The van der Waals surface area contributed by atoms with Gasteiger partial charge in [0.2, 0.25) is 0 Å². The van der Waals surface area contributed by atoms with Gasteiger partial charge in [-0.3, -0.25) is 5.32 Å². The lowest BCUT2D eigenvalue weighted by Crippen LogP contribution is -2.41. The molecule has 0 radical (unpaired) electrons. The number of nitriles is 1. The summed E-state index contributed by atoms with van der Waals surface area (Å²) in [4.78, 5) is 2.46. The highest BCUT2D eigenvalue weighted by Gasteiger charge is 2.28. The van der Waals surface area contributed by atoms with Crippen molar-refractivity contribution >= 4 is 0 Å². The molecule has 110 valence electrons. The summed E-state index contributed by atoms with van der Waals surface area (Å²) >= 11 is 0. The molecule has 0 bridgehead atoms. The van der Waals surface area contributed by atoms with Crippen molar-refractivity contribution in [3.05, 3.63) is 0 Å². The second-order valence-electron chi connectivity index (χ2n) is 7.17. The van der Waals surface area contributed by atoms with Gasteiger partial charge >= 0.3 is 0 Å². The Morgan fingerprint density at radius 1 is 1.32 bits per heavy atom. The third-order valence-electron chi connectivity index (χ3n) is 4.39. The van der Waals surface area contributed by atoms with Crippen molar-refractivity contribution in [2.24, 2.45) is 5.41 Å². The highest BCUT2D eigenvalue weighted by Crippen LogP contribution is 2.36. The van der Waals surface area contributed by atoms with Gasteiger partial charge in [0.05, 0.1) is 12.1 Å². The molecule has 1 atom stereocenters. The summed E-state index contributed by atoms with van der Waals surface area (Å²) in [7, 11) is 2.22. The fraction of sp³-hybridized carbons (Fsp3) is 0.938. The van der Waals surface area contributed by atoms with Crippen LogP contribution >= 0.6 is 0 Å². The van der Waals surface area contributed by atoms with Crippen LogP contribution in [0.2, 0.25) is 0 Å². The van der Waals surface area contributed by atoms with E-state index in [0.29, 0.717) is 17.5 Å². The monoisotopic (exact) mass is 265 g/mol. The van der Waals surface area contributed by atoms with Crippen LogP contribution in [0.3, 0.4) is 0 Å². The van der Waals surface area contributed by atoms with Crippen molar-refractivity contribution in [2.45, 2.75) is 77.9 Å². The molecule has 0 aliphatic heterocycles. The molecule has 0 saturated heterocycles. The second kappa shape index (κ2) is 7.26. The average Bonchev–Trinajstić information content (AvgIpc) is 2.33.